The molecular weight excluding hydrogens is 438 g/mol. The summed E-state index contributed by atoms with van der Waals surface area (Å²) in [4.78, 5) is 40.6. The number of aromatic nitrogens is 1. The molecule has 0 saturated heterocycles. The molecule has 0 fully saturated rings. The molecule has 33 heavy (non-hydrogen) atoms. The molecule has 4 N–H and O–H groups in total. The summed E-state index contributed by atoms with van der Waals surface area (Å²) in [6.45, 7) is 5.50. The van der Waals surface area contributed by atoms with Crippen LogP contribution in [0.1, 0.15) is 38.1 Å². The normalized spacial score (nSPS) is 11.5. The van der Waals surface area contributed by atoms with Crippen LogP contribution in [0.2, 0.25) is 0 Å². The Morgan fingerprint density at radius 2 is 1.52 bits per heavy atom. The maximum absolute atomic E-state index is 12.4. The first-order valence-electron chi connectivity index (χ1n) is 10.6. The lowest BCUT2D eigenvalue weighted by atomic mass is 10.1. The highest BCUT2D eigenvalue weighted by atomic mass is 32.1. The van der Waals surface area contributed by atoms with Crippen molar-refractivity contribution in [2.75, 3.05) is 16.0 Å². The molecule has 1 unspecified atom stereocenters. The SMILES string of the molecule is CC(C)C(=O)Nc1nc(CC(=O)NC(C)c2ccc(NC(=O)Nc3ccccc3)cc2)cs1. The molecule has 1 atom stereocenters. The van der Waals surface area contributed by atoms with E-state index in [0.29, 0.717) is 22.2 Å². The molecular formula is C24H27N5O3S. The summed E-state index contributed by atoms with van der Waals surface area (Å²) in [5.41, 5.74) is 2.86. The van der Waals surface area contributed by atoms with Crippen molar-refractivity contribution < 1.29 is 14.4 Å². The van der Waals surface area contributed by atoms with Crippen molar-refractivity contribution in [3.63, 3.8) is 0 Å². The zero-order valence-corrected chi connectivity index (χ0v) is 19.5. The maximum atomic E-state index is 12.4. The molecule has 0 bridgehead atoms. The van der Waals surface area contributed by atoms with E-state index in [4.69, 9.17) is 0 Å². The Morgan fingerprint density at radius 1 is 0.879 bits per heavy atom. The molecule has 4 amide bonds. The van der Waals surface area contributed by atoms with Gasteiger partial charge in [0.1, 0.15) is 0 Å². The van der Waals surface area contributed by atoms with E-state index in [-0.39, 0.29) is 36.2 Å². The lowest BCUT2D eigenvalue weighted by Gasteiger charge is -2.15. The van der Waals surface area contributed by atoms with Gasteiger partial charge in [-0.05, 0) is 36.8 Å². The number of nitrogens with zero attached hydrogens (tertiary/aromatic N) is 1. The van der Waals surface area contributed by atoms with Crippen LogP contribution in [0.5, 0.6) is 0 Å². The maximum Gasteiger partial charge on any atom is 0.323 e. The third-order valence-corrected chi connectivity index (χ3v) is 5.53. The number of anilines is 3. The molecule has 9 heteroatoms. The number of para-hydroxylation sites is 1. The van der Waals surface area contributed by atoms with Crippen LogP contribution >= 0.6 is 11.3 Å². The number of carbonyl (C=O) groups excluding carboxylic acids is 3. The van der Waals surface area contributed by atoms with Crippen LogP contribution in [0.3, 0.4) is 0 Å². The van der Waals surface area contributed by atoms with E-state index in [2.05, 4.69) is 26.3 Å². The highest BCUT2D eigenvalue weighted by molar-refractivity contribution is 7.13. The number of thiazole rings is 1. The van der Waals surface area contributed by atoms with Gasteiger partial charge >= 0.3 is 6.03 Å². The van der Waals surface area contributed by atoms with E-state index in [0.717, 1.165) is 5.56 Å². The average molecular weight is 466 g/mol. The second-order valence-electron chi connectivity index (χ2n) is 7.82. The molecule has 0 radical (unpaired) electrons. The minimum Gasteiger partial charge on any atom is -0.349 e. The van der Waals surface area contributed by atoms with Gasteiger partial charge in [0, 0.05) is 22.7 Å². The molecule has 3 rings (SSSR count). The highest BCUT2D eigenvalue weighted by Gasteiger charge is 2.14. The molecule has 1 aromatic heterocycles. The molecule has 3 aromatic rings. The first-order valence-corrected chi connectivity index (χ1v) is 11.5. The van der Waals surface area contributed by atoms with Crippen LogP contribution in [-0.2, 0) is 16.0 Å². The standard InChI is InChI=1S/C24H27N5O3S/c1-15(2)22(31)29-24-28-20(14-33-24)13-21(30)25-16(3)17-9-11-19(12-10-17)27-23(32)26-18-7-5-4-6-8-18/h4-12,14-16H,13H2,1-3H3,(H,25,30)(H2,26,27,32)(H,28,29,31). The van der Waals surface area contributed by atoms with Gasteiger partial charge in [0.25, 0.3) is 0 Å². The van der Waals surface area contributed by atoms with Crippen molar-refractivity contribution in [2.45, 2.75) is 33.2 Å². The molecule has 0 spiro atoms. The summed E-state index contributed by atoms with van der Waals surface area (Å²) >= 11 is 1.30. The second kappa shape index (κ2) is 11.2. The molecule has 0 aliphatic heterocycles. The van der Waals surface area contributed by atoms with E-state index >= 15 is 0 Å². The van der Waals surface area contributed by atoms with Crippen LogP contribution in [-0.4, -0.2) is 22.8 Å². The largest absolute Gasteiger partial charge is 0.349 e. The van der Waals surface area contributed by atoms with Gasteiger partial charge in [-0.25, -0.2) is 9.78 Å². The van der Waals surface area contributed by atoms with Gasteiger partial charge < -0.3 is 21.3 Å². The predicted molar refractivity (Wildman–Crippen MR) is 131 cm³/mol. The Kier molecular flexibility index (Phi) is 8.15. The van der Waals surface area contributed by atoms with Crippen LogP contribution in [0.25, 0.3) is 0 Å². The molecule has 2 aromatic carbocycles. The number of amides is 4. The van der Waals surface area contributed by atoms with Crippen molar-refractivity contribution in [3.8, 4) is 0 Å². The molecule has 1 heterocycles. The summed E-state index contributed by atoms with van der Waals surface area (Å²) in [6.07, 6.45) is 0.123. The van der Waals surface area contributed by atoms with Gasteiger partial charge in [-0.2, -0.15) is 0 Å². The third-order valence-electron chi connectivity index (χ3n) is 4.73. The van der Waals surface area contributed by atoms with E-state index in [1.165, 1.54) is 11.3 Å². The summed E-state index contributed by atoms with van der Waals surface area (Å²) in [6, 6.07) is 15.9. The summed E-state index contributed by atoms with van der Waals surface area (Å²) < 4.78 is 0. The molecule has 0 saturated carbocycles. The van der Waals surface area contributed by atoms with Crippen LogP contribution in [0, 0.1) is 5.92 Å². The van der Waals surface area contributed by atoms with E-state index in [1.54, 1.807) is 43.5 Å². The Balaban J connectivity index is 1.48. The molecule has 0 aliphatic rings. The Bertz CT molecular complexity index is 1100. The number of hydrogen-bond donors (Lipinski definition) is 4. The van der Waals surface area contributed by atoms with E-state index in [1.807, 2.05) is 37.3 Å². The van der Waals surface area contributed by atoms with Crippen molar-refractivity contribution in [1.82, 2.24) is 10.3 Å². The molecule has 8 nitrogen and oxygen atoms in total. The number of carbonyl (C=O) groups is 3. The average Bonchev–Trinajstić information content (AvgIpc) is 3.21. The van der Waals surface area contributed by atoms with Crippen molar-refractivity contribution >= 4 is 45.7 Å². The minimum atomic E-state index is -0.331. The molecule has 0 aliphatic carbocycles. The first kappa shape index (κ1) is 23.9. The Morgan fingerprint density at radius 3 is 2.15 bits per heavy atom. The summed E-state index contributed by atoms with van der Waals surface area (Å²) in [7, 11) is 0. The van der Waals surface area contributed by atoms with Gasteiger partial charge in [0.15, 0.2) is 5.13 Å². The van der Waals surface area contributed by atoms with Gasteiger partial charge in [-0.15, -0.1) is 11.3 Å². The zero-order chi connectivity index (χ0) is 23.8. The predicted octanol–water partition coefficient (Wildman–Crippen LogP) is 4.80. The number of benzene rings is 2. The zero-order valence-electron chi connectivity index (χ0n) is 18.7. The lowest BCUT2D eigenvalue weighted by molar-refractivity contribution is -0.121. The summed E-state index contributed by atoms with van der Waals surface area (Å²) in [5, 5.41) is 13.5. The van der Waals surface area contributed by atoms with Crippen LogP contribution in [0.4, 0.5) is 21.3 Å². The fraction of sp³-hybridized carbons (Fsp3) is 0.250. The lowest BCUT2D eigenvalue weighted by Crippen LogP contribution is -2.28. The monoisotopic (exact) mass is 465 g/mol. The van der Waals surface area contributed by atoms with Crippen molar-refractivity contribution in [3.05, 3.63) is 71.2 Å². The first-order chi connectivity index (χ1) is 15.8. The van der Waals surface area contributed by atoms with E-state index in [9.17, 15) is 14.4 Å². The Labute approximate surface area is 196 Å². The fourth-order valence-corrected chi connectivity index (χ4v) is 3.62. The van der Waals surface area contributed by atoms with Gasteiger partial charge in [-0.3, -0.25) is 9.59 Å². The van der Waals surface area contributed by atoms with Crippen LogP contribution in [0.15, 0.2) is 60.0 Å². The molecule has 172 valence electrons. The smallest absolute Gasteiger partial charge is 0.323 e. The second-order valence-corrected chi connectivity index (χ2v) is 8.68. The van der Waals surface area contributed by atoms with Gasteiger partial charge in [0.2, 0.25) is 11.8 Å². The third kappa shape index (κ3) is 7.43. The quantitative estimate of drug-likeness (QED) is 0.383. The fourth-order valence-electron chi connectivity index (χ4n) is 2.91. The van der Waals surface area contributed by atoms with Crippen molar-refractivity contribution in [2.24, 2.45) is 5.92 Å². The summed E-state index contributed by atoms with van der Waals surface area (Å²) in [5.74, 6) is -0.412. The number of rotatable bonds is 8. The Hall–Kier alpha value is -3.72. The van der Waals surface area contributed by atoms with Crippen molar-refractivity contribution in [1.29, 1.82) is 0 Å². The minimum absolute atomic E-state index is 0.107. The highest BCUT2D eigenvalue weighted by Crippen LogP contribution is 2.19. The number of urea groups is 1. The topological polar surface area (TPSA) is 112 Å². The number of hydrogen-bond acceptors (Lipinski definition) is 5. The number of nitrogens with one attached hydrogen (secondary N) is 4. The van der Waals surface area contributed by atoms with Crippen LogP contribution < -0.4 is 21.3 Å². The van der Waals surface area contributed by atoms with Gasteiger partial charge in [-0.1, -0.05) is 44.2 Å². The van der Waals surface area contributed by atoms with E-state index < -0.39 is 0 Å². The van der Waals surface area contributed by atoms with Gasteiger partial charge in [0.05, 0.1) is 18.2 Å².